The number of hydrogen-bond donors (Lipinski definition) is 0. The first-order chi connectivity index (χ1) is 12.4. The molecule has 1 aliphatic rings. The average Bonchev–Trinajstić information content (AvgIpc) is 3.00. The Labute approximate surface area is 157 Å². The molecule has 26 heavy (non-hydrogen) atoms. The van der Waals surface area contributed by atoms with Gasteiger partial charge in [0.2, 0.25) is 5.91 Å². The Balaban J connectivity index is 1.80. The van der Waals surface area contributed by atoms with Gasteiger partial charge in [-0.3, -0.25) is 9.59 Å². The maximum Gasteiger partial charge on any atom is 0.316 e. The number of nitrogens with zero attached hydrogens (tertiary/aromatic N) is 1. The molecule has 0 saturated carbocycles. The summed E-state index contributed by atoms with van der Waals surface area (Å²) in [5, 5.41) is 0.496. The average molecular weight is 374 g/mol. The van der Waals surface area contributed by atoms with Crippen LogP contribution in [0.15, 0.2) is 36.4 Å². The minimum Gasteiger partial charge on any atom is -0.495 e. The SMILES string of the molecule is COc1ccc(Cl)cc1N1C[C@H](C(=O)Oc2c(C)cccc2C)CC1=O. The summed E-state index contributed by atoms with van der Waals surface area (Å²) in [5.41, 5.74) is 2.33. The summed E-state index contributed by atoms with van der Waals surface area (Å²) in [6.45, 7) is 4.01. The quantitative estimate of drug-likeness (QED) is 0.602. The number of esters is 1. The van der Waals surface area contributed by atoms with Gasteiger partial charge in [-0.25, -0.2) is 0 Å². The molecule has 136 valence electrons. The van der Waals surface area contributed by atoms with Crippen molar-refractivity contribution in [2.75, 3.05) is 18.6 Å². The van der Waals surface area contributed by atoms with E-state index in [1.807, 2.05) is 32.0 Å². The molecule has 1 atom stereocenters. The highest BCUT2D eigenvalue weighted by molar-refractivity contribution is 6.31. The molecular weight excluding hydrogens is 354 g/mol. The molecule has 0 unspecified atom stereocenters. The third kappa shape index (κ3) is 3.53. The first kappa shape index (κ1) is 18.3. The van der Waals surface area contributed by atoms with Crippen LogP contribution in [-0.2, 0) is 9.59 Å². The Morgan fingerprint density at radius 1 is 1.19 bits per heavy atom. The topological polar surface area (TPSA) is 55.8 Å². The molecule has 2 aromatic carbocycles. The van der Waals surface area contributed by atoms with E-state index in [-0.39, 0.29) is 18.9 Å². The molecule has 1 aliphatic heterocycles. The highest BCUT2D eigenvalue weighted by atomic mass is 35.5. The van der Waals surface area contributed by atoms with Gasteiger partial charge in [-0.15, -0.1) is 0 Å². The minimum atomic E-state index is -0.537. The van der Waals surface area contributed by atoms with Crippen LogP contribution in [0, 0.1) is 19.8 Å². The number of para-hydroxylation sites is 1. The Morgan fingerprint density at radius 3 is 2.54 bits per heavy atom. The van der Waals surface area contributed by atoms with Crippen molar-refractivity contribution in [2.45, 2.75) is 20.3 Å². The fourth-order valence-electron chi connectivity index (χ4n) is 3.12. The molecule has 6 heteroatoms. The minimum absolute atomic E-state index is 0.0967. The van der Waals surface area contributed by atoms with E-state index in [9.17, 15) is 9.59 Å². The van der Waals surface area contributed by atoms with E-state index in [2.05, 4.69) is 0 Å². The summed E-state index contributed by atoms with van der Waals surface area (Å²) >= 11 is 6.06. The van der Waals surface area contributed by atoms with Crippen LogP contribution < -0.4 is 14.4 Å². The van der Waals surface area contributed by atoms with Crippen molar-refractivity contribution in [1.29, 1.82) is 0 Å². The number of hydrogen-bond acceptors (Lipinski definition) is 4. The standard InChI is InChI=1S/C20H20ClNO4/c1-12-5-4-6-13(2)19(12)26-20(24)14-9-18(23)22(11-14)16-10-15(21)7-8-17(16)25-3/h4-8,10,14H,9,11H2,1-3H3/t14-/m1/s1. The summed E-state index contributed by atoms with van der Waals surface area (Å²) in [5.74, 6) is -0.00582. The van der Waals surface area contributed by atoms with Gasteiger partial charge in [0.25, 0.3) is 0 Å². The number of aryl methyl sites for hydroxylation is 2. The summed E-state index contributed by atoms with van der Waals surface area (Å²) in [4.78, 5) is 26.6. The summed E-state index contributed by atoms with van der Waals surface area (Å²) in [6, 6.07) is 10.7. The van der Waals surface area contributed by atoms with E-state index in [1.54, 1.807) is 18.2 Å². The normalized spacial score (nSPS) is 16.7. The van der Waals surface area contributed by atoms with Gasteiger partial charge in [-0.1, -0.05) is 29.8 Å². The molecule has 0 aliphatic carbocycles. The van der Waals surface area contributed by atoms with Crippen molar-refractivity contribution in [3.63, 3.8) is 0 Å². The van der Waals surface area contributed by atoms with Crippen LogP contribution in [0.1, 0.15) is 17.5 Å². The zero-order chi connectivity index (χ0) is 18.8. The largest absolute Gasteiger partial charge is 0.495 e. The van der Waals surface area contributed by atoms with Crippen LogP contribution in [0.4, 0.5) is 5.69 Å². The fourth-order valence-corrected chi connectivity index (χ4v) is 3.28. The zero-order valence-electron chi connectivity index (χ0n) is 14.9. The summed E-state index contributed by atoms with van der Waals surface area (Å²) < 4.78 is 10.9. The number of ether oxygens (including phenoxy) is 2. The van der Waals surface area contributed by atoms with Gasteiger partial charge in [-0.2, -0.15) is 0 Å². The first-order valence-electron chi connectivity index (χ1n) is 8.32. The van der Waals surface area contributed by atoms with Crippen LogP contribution in [0.25, 0.3) is 0 Å². The maximum absolute atomic E-state index is 12.6. The molecular formula is C20H20ClNO4. The van der Waals surface area contributed by atoms with E-state index in [1.165, 1.54) is 12.0 Å². The van der Waals surface area contributed by atoms with Crippen LogP contribution in [0.5, 0.6) is 11.5 Å². The lowest BCUT2D eigenvalue weighted by molar-refractivity contribution is -0.139. The number of rotatable bonds is 4. The Hall–Kier alpha value is -2.53. The molecule has 1 fully saturated rings. The van der Waals surface area contributed by atoms with Crippen LogP contribution in [-0.4, -0.2) is 25.5 Å². The number of halogens is 1. The highest BCUT2D eigenvalue weighted by Gasteiger charge is 2.37. The molecule has 1 heterocycles. The van der Waals surface area contributed by atoms with Gasteiger partial charge in [-0.05, 0) is 43.2 Å². The molecule has 0 N–H and O–H groups in total. The van der Waals surface area contributed by atoms with Crippen LogP contribution in [0.2, 0.25) is 5.02 Å². The number of methoxy groups -OCH3 is 1. The molecule has 5 nitrogen and oxygen atoms in total. The van der Waals surface area contributed by atoms with Gasteiger partial charge < -0.3 is 14.4 Å². The third-order valence-corrected chi connectivity index (χ3v) is 4.74. The number of benzene rings is 2. The van der Waals surface area contributed by atoms with Crippen molar-refractivity contribution in [3.8, 4) is 11.5 Å². The van der Waals surface area contributed by atoms with E-state index >= 15 is 0 Å². The first-order valence-corrected chi connectivity index (χ1v) is 8.70. The molecule has 1 amide bonds. The second-order valence-electron chi connectivity index (χ2n) is 6.36. The monoisotopic (exact) mass is 373 g/mol. The lowest BCUT2D eigenvalue weighted by Gasteiger charge is -2.20. The number of carbonyl (C=O) groups is 2. The lowest BCUT2D eigenvalue weighted by Crippen LogP contribution is -2.27. The van der Waals surface area contributed by atoms with E-state index in [4.69, 9.17) is 21.1 Å². The maximum atomic E-state index is 12.6. The van der Waals surface area contributed by atoms with E-state index in [0.29, 0.717) is 22.2 Å². The van der Waals surface area contributed by atoms with Crippen molar-refractivity contribution in [2.24, 2.45) is 5.92 Å². The van der Waals surface area contributed by atoms with Gasteiger partial charge in [0, 0.05) is 18.0 Å². The predicted molar refractivity (Wildman–Crippen MR) is 100 cm³/mol. The van der Waals surface area contributed by atoms with Crippen molar-refractivity contribution in [3.05, 3.63) is 52.5 Å². The fraction of sp³-hybridized carbons (Fsp3) is 0.300. The number of carbonyl (C=O) groups excluding carboxylic acids is 2. The molecule has 3 rings (SSSR count). The van der Waals surface area contributed by atoms with E-state index in [0.717, 1.165) is 11.1 Å². The van der Waals surface area contributed by atoms with Gasteiger partial charge in [0.15, 0.2) is 0 Å². The smallest absolute Gasteiger partial charge is 0.316 e. The second-order valence-corrected chi connectivity index (χ2v) is 6.80. The number of anilines is 1. The van der Waals surface area contributed by atoms with E-state index < -0.39 is 11.9 Å². The molecule has 0 aromatic heterocycles. The number of amides is 1. The summed E-state index contributed by atoms with van der Waals surface area (Å²) in [6.07, 6.45) is 0.0967. The Kier molecular flexibility index (Phi) is 5.18. The van der Waals surface area contributed by atoms with Gasteiger partial charge in [0.1, 0.15) is 11.5 Å². The van der Waals surface area contributed by atoms with Gasteiger partial charge in [0.05, 0.1) is 18.7 Å². The Bertz CT molecular complexity index is 845. The Morgan fingerprint density at radius 2 is 1.88 bits per heavy atom. The third-order valence-electron chi connectivity index (χ3n) is 4.50. The molecule has 2 aromatic rings. The molecule has 0 spiro atoms. The molecule has 1 saturated heterocycles. The second kappa shape index (κ2) is 7.38. The van der Waals surface area contributed by atoms with Gasteiger partial charge >= 0.3 is 5.97 Å². The lowest BCUT2D eigenvalue weighted by atomic mass is 10.1. The highest BCUT2D eigenvalue weighted by Crippen LogP contribution is 2.35. The molecule has 0 bridgehead atoms. The van der Waals surface area contributed by atoms with Crippen molar-refractivity contribution >= 4 is 29.2 Å². The zero-order valence-corrected chi connectivity index (χ0v) is 15.7. The van der Waals surface area contributed by atoms with Crippen molar-refractivity contribution < 1.29 is 19.1 Å². The predicted octanol–water partition coefficient (Wildman–Crippen LogP) is 3.92. The molecule has 0 radical (unpaired) electrons. The summed E-state index contributed by atoms with van der Waals surface area (Å²) in [7, 11) is 1.53. The van der Waals surface area contributed by atoms with Crippen LogP contribution in [0.3, 0.4) is 0 Å². The van der Waals surface area contributed by atoms with Crippen molar-refractivity contribution in [1.82, 2.24) is 0 Å². The van der Waals surface area contributed by atoms with Crippen LogP contribution >= 0.6 is 11.6 Å².